The highest BCUT2D eigenvalue weighted by atomic mass is 31.1. The minimum absolute atomic E-state index is 0.0625. The van der Waals surface area contributed by atoms with Crippen LogP contribution in [0.1, 0.15) is 59.3 Å². The van der Waals surface area contributed by atoms with Gasteiger partial charge in [0.2, 0.25) is 0 Å². The molecule has 15 nitrogen and oxygen atoms in total. The van der Waals surface area contributed by atoms with Crippen molar-refractivity contribution in [2.45, 2.75) is 78.9 Å². The second-order valence-corrected chi connectivity index (χ2v) is 21.8. The van der Waals surface area contributed by atoms with Crippen LogP contribution in [0.5, 0.6) is 0 Å². The van der Waals surface area contributed by atoms with Crippen LogP contribution in [0.3, 0.4) is 0 Å². The quantitative estimate of drug-likeness (QED) is 0.0336. The predicted octanol–water partition coefficient (Wildman–Crippen LogP) is 6.89. The zero-order chi connectivity index (χ0) is 49.0. The largest absolute Gasteiger partial charge is 0.379 e. The maximum absolute atomic E-state index is 14.2. The van der Waals surface area contributed by atoms with Crippen molar-refractivity contribution in [3.8, 4) is 0 Å². The standard InChI is InChI=1S/C51H78N3O12P3/c1-4-7-28-58-34-37-61-40-43-67(46-19-13-10-14-20-46)64-31-25-52-49(55)53(26-32-65-68(47-21-15-11-16-22-47)44-41-62-38-35-59-29-8-5-2)51(57)54(50(52)56)27-33-66-69(48-23-17-12-18-24-48)45-42-63-39-36-60-30-9-6-3/h10-24H,4-9,25-45H2,1-3H3. The van der Waals surface area contributed by atoms with Gasteiger partial charge < -0.3 is 42.0 Å². The van der Waals surface area contributed by atoms with Gasteiger partial charge in [0.05, 0.1) is 123 Å². The zero-order valence-corrected chi connectivity index (χ0v) is 44.0. The smallest absolute Gasteiger partial charge is 0.336 e. The maximum Gasteiger partial charge on any atom is 0.336 e. The molecule has 0 aliphatic rings. The molecule has 3 atom stereocenters. The molecule has 0 amide bonds. The van der Waals surface area contributed by atoms with Crippen LogP contribution in [-0.2, 0) is 61.6 Å². The fraction of sp³-hybridized carbons (Fsp3) is 0.588. The zero-order valence-electron chi connectivity index (χ0n) is 41.3. The van der Waals surface area contributed by atoms with Crippen LogP contribution in [0.25, 0.3) is 0 Å². The van der Waals surface area contributed by atoms with E-state index in [-0.39, 0.29) is 39.5 Å². The molecule has 1 heterocycles. The van der Waals surface area contributed by atoms with Crippen molar-refractivity contribution in [1.82, 2.24) is 13.7 Å². The lowest BCUT2D eigenvalue weighted by Crippen LogP contribution is -2.55. The summed E-state index contributed by atoms with van der Waals surface area (Å²) in [5, 5.41) is 3.04. The Morgan fingerprint density at radius 2 is 0.580 bits per heavy atom. The molecule has 0 saturated carbocycles. The summed E-state index contributed by atoms with van der Waals surface area (Å²) < 4.78 is 57.3. The molecule has 0 bridgehead atoms. The Bertz CT molecular complexity index is 1800. The second kappa shape index (κ2) is 37.7. The van der Waals surface area contributed by atoms with Crippen LogP contribution in [-0.4, -0.2) is 131 Å². The summed E-state index contributed by atoms with van der Waals surface area (Å²) in [7, 11) is -3.46. The summed E-state index contributed by atoms with van der Waals surface area (Å²) >= 11 is 0. The SMILES string of the molecule is CCCCOCCOCCP(OCCn1c(=O)n(CCOP(CCOCCOCCCC)c2ccccc2)c(=O)n(CCOP(CCOCCOCCCC)c2ccccc2)c1=O)c1ccccc1. The van der Waals surface area contributed by atoms with E-state index in [1.165, 1.54) is 0 Å². The van der Waals surface area contributed by atoms with Crippen molar-refractivity contribution < 1.29 is 42.0 Å². The molecule has 18 heteroatoms. The van der Waals surface area contributed by atoms with Gasteiger partial charge in [-0.05, 0) is 19.3 Å². The Kier molecular flexibility index (Phi) is 32.0. The molecular weight excluding hydrogens is 939 g/mol. The van der Waals surface area contributed by atoms with Gasteiger partial charge in [0.15, 0.2) is 0 Å². The first-order chi connectivity index (χ1) is 34.0. The monoisotopic (exact) mass is 1020 g/mol. The van der Waals surface area contributed by atoms with E-state index in [0.29, 0.717) is 97.8 Å². The Balaban J connectivity index is 1.50. The van der Waals surface area contributed by atoms with Crippen molar-refractivity contribution >= 4 is 40.4 Å². The summed E-state index contributed by atoms with van der Waals surface area (Å²) in [5.74, 6) is 0. The van der Waals surface area contributed by atoms with Crippen LogP contribution in [0.4, 0.5) is 0 Å². The number of nitrogens with zero attached hydrogens (tertiary/aromatic N) is 3. The second-order valence-electron chi connectivity index (χ2n) is 15.9. The lowest BCUT2D eigenvalue weighted by Gasteiger charge is -2.21. The molecule has 3 aromatic carbocycles. The van der Waals surface area contributed by atoms with Crippen LogP contribution >= 0.6 is 24.4 Å². The number of unbranched alkanes of at least 4 members (excludes halogenated alkanes) is 3. The number of benzene rings is 3. The topological polar surface area (TPSA) is 149 Å². The number of rotatable bonds is 42. The number of aromatic nitrogens is 3. The van der Waals surface area contributed by atoms with E-state index in [1.54, 1.807) is 0 Å². The minimum Gasteiger partial charge on any atom is -0.379 e. The highest BCUT2D eigenvalue weighted by molar-refractivity contribution is 7.61. The van der Waals surface area contributed by atoms with Crippen LogP contribution < -0.4 is 33.0 Å². The van der Waals surface area contributed by atoms with E-state index in [4.69, 9.17) is 42.0 Å². The normalized spacial score (nSPS) is 12.9. The first-order valence-corrected chi connectivity index (χ1v) is 29.1. The molecular formula is C51H78N3O12P3. The summed E-state index contributed by atoms with van der Waals surface area (Å²) in [6.45, 7) is 13.0. The van der Waals surface area contributed by atoms with E-state index >= 15 is 0 Å². The molecule has 0 aliphatic heterocycles. The van der Waals surface area contributed by atoms with Gasteiger partial charge in [-0.25, -0.2) is 28.1 Å². The van der Waals surface area contributed by atoms with Gasteiger partial charge >= 0.3 is 17.1 Å². The number of ether oxygens (including phenoxy) is 6. The highest BCUT2D eigenvalue weighted by Gasteiger charge is 2.20. The van der Waals surface area contributed by atoms with Crippen molar-refractivity contribution in [2.75, 3.05) is 118 Å². The fourth-order valence-corrected chi connectivity index (χ4v) is 11.6. The summed E-state index contributed by atoms with van der Waals surface area (Å²) in [6.07, 6.45) is 8.14. The first-order valence-electron chi connectivity index (χ1n) is 24.8. The van der Waals surface area contributed by atoms with Gasteiger partial charge in [-0.1, -0.05) is 131 Å². The Morgan fingerprint density at radius 3 is 0.826 bits per heavy atom. The Labute approximate surface area is 413 Å². The third-order valence-corrected chi connectivity index (χ3v) is 16.4. The van der Waals surface area contributed by atoms with Crippen LogP contribution in [0, 0.1) is 0 Å². The van der Waals surface area contributed by atoms with E-state index < -0.39 is 41.5 Å². The molecule has 0 fully saturated rings. The molecule has 0 spiro atoms. The Hall–Kier alpha value is -3.00. The maximum atomic E-state index is 14.2. The molecule has 0 radical (unpaired) electrons. The fourth-order valence-electron chi connectivity index (χ4n) is 6.72. The summed E-state index contributed by atoms with van der Waals surface area (Å²) in [4.78, 5) is 42.7. The predicted molar refractivity (Wildman–Crippen MR) is 280 cm³/mol. The van der Waals surface area contributed by atoms with Crippen LogP contribution in [0.2, 0.25) is 0 Å². The minimum atomic E-state index is -1.15. The molecule has 4 rings (SSSR count). The van der Waals surface area contributed by atoms with E-state index in [2.05, 4.69) is 20.8 Å². The van der Waals surface area contributed by atoms with Gasteiger partial charge in [-0.3, -0.25) is 0 Å². The highest BCUT2D eigenvalue weighted by Crippen LogP contribution is 2.37. The lowest BCUT2D eigenvalue weighted by atomic mass is 10.4. The van der Waals surface area contributed by atoms with Crippen LogP contribution in [0.15, 0.2) is 105 Å². The Morgan fingerprint density at radius 1 is 0.333 bits per heavy atom. The molecule has 0 aliphatic carbocycles. The number of hydrogen-bond donors (Lipinski definition) is 0. The lowest BCUT2D eigenvalue weighted by molar-refractivity contribution is 0.0521. The van der Waals surface area contributed by atoms with Gasteiger partial charge in [0, 0.05) is 54.2 Å². The van der Waals surface area contributed by atoms with Gasteiger partial charge in [-0.15, -0.1) is 0 Å². The van der Waals surface area contributed by atoms with Crippen molar-refractivity contribution in [3.63, 3.8) is 0 Å². The number of hydrogen-bond acceptors (Lipinski definition) is 12. The van der Waals surface area contributed by atoms with Gasteiger partial charge in [-0.2, -0.15) is 0 Å². The molecule has 0 N–H and O–H groups in total. The molecule has 0 saturated heterocycles. The molecule has 69 heavy (non-hydrogen) atoms. The van der Waals surface area contributed by atoms with Crippen molar-refractivity contribution in [3.05, 3.63) is 122 Å². The first kappa shape index (κ1) is 58.6. The third-order valence-electron chi connectivity index (χ3n) is 10.6. The molecule has 3 unspecified atom stereocenters. The van der Waals surface area contributed by atoms with E-state index in [0.717, 1.165) is 68.1 Å². The van der Waals surface area contributed by atoms with Gasteiger partial charge in [0.1, 0.15) is 0 Å². The summed E-state index contributed by atoms with van der Waals surface area (Å²) in [6, 6.07) is 29.7. The third kappa shape index (κ3) is 23.4. The average Bonchev–Trinajstić information content (AvgIpc) is 3.38. The summed E-state index contributed by atoms with van der Waals surface area (Å²) in [5.41, 5.74) is -2.16. The molecule has 1 aromatic heterocycles. The van der Waals surface area contributed by atoms with Gasteiger partial charge in [0.25, 0.3) is 0 Å². The average molecular weight is 1020 g/mol. The van der Waals surface area contributed by atoms with E-state index in [9.17, 15) is 14.4 Å². The van der Waals surface area contributed by atoms with E-state index in [1.807, 2.05) is 91.0 Å². The van der Waals surface area contributed by atoms with Crippen molar-refractivity contribution in [2.24, 2.45) is 0 Å². The molecule has 4 aromatic rings. The molecule has 384 valence electrons. The van der Waals surface area contributed by atoms with Crippen molar-refractivity contribution in [1.29, 1.82) is 0 Å².